The van der Waals surface area contributed by atoms with Crippen molar-refractivity contribution in [2.24, 2.45) is 0 Å². The van der Waals surface area contributed by atoms with E-state index in [1.54, 1.807) is 18.3 Å². The second kappa shape index (κ2) is 9.67. The van der Waals surface area contributed by atoms with Crippen LogP contribution in [0.4, 0.5) is 11.4 Å². The van der Waals surface area contributed by atoms with E-state index in [4.69, 9.17) is 0 Å². The van der Waals surface area contributed by atoms with Gasteiger partial charge in [-0.2, -0.15) is 5.26 Å². The fraction of sp³-hybridized carbons (Fsp3) is 0.0741. The van der Waals surface area contributed by atoms with Gasteiger partial charge in [0.25, 0.3) is 5.91 Å². The van der Waals surface area contributed by atoms with Gasteiger partial charge in [-0.15, -0.1) is 0 Å². The SMILES string of the molecule is Cc1cccc(NC(=O)/C(C#N)=C/c2cn(CC(=O)Nc3ccccc3)c3ccccc23)c1. The van der Waals surface area contributed by atoms with Crippen LogP contribution in [0.3, 0.4) is 0 Å². The number of nitriles is 1. The average Bonchev–Trinajstić information content (AvgIpc) is 3.15. The molecule has 6 nitrogen and oxygen atoms in total. The van der Waals surface area contributed by atoms with E-state index in [9.17, 15) is 14.9 Å². The molecule has 0 bridgehead atoms. The van der Waals surface area contributed by atoms with Crippen LogP contribution in [0, 0.1) is 18.3 Å². The van der Waals surface area contributed by atoms with Gasteiger partial charge >= 0.3 is 0 Å². The number of fused-ring (bicyclic) bond motifs is 1. The van der Waals surface area contributed by atoms with Crippen LogP contribution in [0.25, 0.3) is 17.0 Å². The topological polar surface area (TPSA) is 86.9 Å². The predicted molar refractivity (Wildman–Crippen MR) is 130 cm³/mol. The Bertz CT molecular complexity index is 1390. The highest BCUT2D eigenvalue weighted by Gasteiger charge is 2.14. The minimum Gasteiger partial charge on any atom is -0.337 e. The summed E-state index contributed by atoms with van der Waals surface area (Å²) in [5.41, 5.74) is 3.86. The van der Waals surface area contributed by atoms with Gasteiger partial charge in [0.05, 0.1) is 0 Å². The van der Waals surface area contributed by atoms with Crippen molar-refractivity contribution in [3.8, 4) is 6.07 Å². The molecule has 6 heteroatoms. The molecule has 4 aromatic rings. The molecule has 0 fully saturated rings. The van der Waals surface area contributed by atoms with Crippen molar-refractivity contribution in [1.82, 2.24) is 4.57 Å². The van der Waals surface area contributed by atoms with Crippen LogP contribution in [0.1, 0.15) is 11.1 Å². The fourth-order valence-corrected chi connectivity index (χ4v) is 3.62. The number of rotatable bonds is 6. The van der Waals surface area contributed by atoms with Gasteiger partial charge in [0.15, 0.2) is 0 Å². The van der Waals surface area contributed by atoms with Crippen LogP contribution in [-0.2, 0) is 16.1 Å². The maximum Gasteiger partial charge on any atom is 0.266 e. The first-order valence-electron chi connectivity index (χ1n) is 10.5. The lowest BCUT2D eigenvalue weighted by molar-refractivity contribution is -0.116. The molecule has 33 heavy (non-hydrogen) atoms. The molecule has 0 unspecified atom stereocenters. The Morgan fingerprint density at radius 2 is 1.67 bits per heavy atom. The van der Waals surface area contributed by atoms with Gasteiger partial charge in [0, 0.05) is 34.0 Å². The smallest absolute Gasteiger partial charge is 0.266 e. The number of hydrogen-bond donors (Lipinski definition) is 2. The maximum absolute atomic E-state index is 12.7. The minimum atomic E-state index is -0.484. The normalized spacial score (nSPS) is 11.1. The molecule has 0 aliphatic heterocycles. The Labute approximate surface area is 191 Å². The molecule has 0 atom stereocenters. The van der Waals surface area contributed by atoms with Crippen LogP contribution in [0.15, 0.2) is 90.6 Å². The molecule has 2 N–H and O–H groups in total. The van der Waals surface area contributed by atoms with E-state index in [1.807, 2.05) is 90.4 Å². The van der Waals surface area contributed by atoms with Crippen molar-refractivity contribution >= 4 is 40.2 Å². The third-order valence-corrected chi connectivity index (χ3v) is 5.13. The molecule has 0 aliphatic carbocycles. The van der Waals surface area contributed by atoms with Crippen molar-refractivity contribution < 1.29 is 9.59 Å². The maximum atomic E-state index is 12.7. The lowest BCUT2D eigenvalue weighted by Gasteiger charge is -2.07. The number of hydrogen-bond acceptors (Lipinski definition) is 3. The third-order valence-electron chi connectivity index (χ3n) is 5.13. The molecule has 0 spiro atoms. The van der Waals surface area contributed by atoms with Crippen molar-refractivity contribution in [3.05, 3.63) is 102 Å². The van der Waals surface area contributed by atoms with Gasteiger partial charge in [-0.3, -0.25) is 9.59 Å². The quantitative estimate of drug-likeness (QED) is 0.326. The Morgan fingerprint density at radius 3 is 2.42 bits per heavy atom. The van der Waals surface area contributed by atoms with Gasteiger partial charge in [0.2, 0.25) is 5.91 Å². The van der Waals surface area contributed by atoms with Gasteiger partial charge in [0.1, 0.15) is 18.2 Å². The first kappa shape index (κ1) is 21.6. The molecule has 4 rings (SSSR count). The zero-order valence-corrected chi connectivity index (χ0v) is 18.1. The molecule has 2 amide bonds. The van der Waals surface area contributed by atoms with E-state index in [-0.39, 0.29) is 18.0 Å². The van der Waals surface area contributed by atoms with Crippen LogP contribution in [0.2, 0.25) is 0 Å². The van der Waals surface area contributed by atoms with Crippen LogP contribution in [0.5, 0.6) is 0 Å². The number of anilines is 2. The molecule has 1 aromatic heterocycles. The lowest BCUT2D eigenvalue weighted by Crippen LogP contribution is -2.18. The standard InChI is InChI=1S/C27H22N4O2/c1-19-8-7-11-23(14-19)30-27(33)20(16-28)15-21-17-31(25-13-6-5-12-24(21)25)18-26(32)29-22-9-3-2-4-10-22/h2-15,17H,18H2,1H3,(H,29,32)(H,30,33)/b20-15+. The zero-order valence-electron chi connectivity index (χ0n) is 18.1. The highest BCUT2D eigenvalue weighted by atomic mass is 16.2. The molecule has 0 radical (unpaired) electrons. The van der Waals surface area contributed by atoms with Crippen LogP contribution in [-0.4, -0.2) is 16.4 Å². The third kappa shape index (κ3) is 5.17. The summed E-state index contributed by atoms with van der Waals surface area (Å²) >= 11 is 0. The predicted octanol–water partition coefficient (Wildman–Crippen LogP) is 5.13. The van der Waals surface area contributed by atoms with Gasteiger partial charge < -0.3 is 15.2 Å². The highest BCUT2D eigenvalue weighted by Crippen LogP contribution is 2.24. The average molecular weight is 434 g/mol. The Balaban J connectivity index is 1.60. The lowest BCUT2D eigenvalue weighted by atomic mass is 10.1. The zero-order chi connectivity index (χ0) is 23.2. The number of aryl methyl sites for hydroxylation is 1. The highest BCUT2D eigenvalue weighted by molar-refractivity contribution is 6.10. The summed E-state index contributed by atoms with van der Waals surface area (Å²) in [6.45, 7) is 2.03. The number of benzene rings is 3. The number of carbonyl (C=O) groups excluding carboxylic acids is 2. The summed E-state index contributed by atoms with van der Waals surface area (Å²) in [4.78, 5) is 25.3. The van der Waals surface area contributed by atoms with E-state index >= 15 is 0 Å². The van der Waals surface area contributed by atoms with Crippen molar-refractivity contribution in [2.75, 3.05) is 10.6 Å². The summed E-state index contributed by atoms with van der Waals surface area (Å²) < 4.78 is 1.81. The molecule has 1 heterocycles. The van der Waals surface area contributed by atoms with E-state index in [0.29, 0.717) is 11.3 Å². The molecule has 0 aliphatic rings. The van der Waals surface area contributed by atoms with Gasteiger partial charge in [-0.25, -0.2) is 0 Å². The number of amides is 2. The number of carbonyl (C=O) groups is 2. The Hall–Kier alpha value is -4.63. The molecule has 0 saturated carbocycles. The van der Waals surface area contributed by atoms with E-state index < -0.39 is 5.91 Å². The second-order valence-corrected chi connectivity index (χ2v) is 7.64. The Morgan fingerprint density at radius 1 is 0.939 bits per heavy atom. The minimum absolute atomic E-state index is 0.0202. The van der Waals surface area contributed by atoms with Crippen molar-refractivity contribution in [2.45, 2.75) is 13.5 Å². The van der Waals surface area contributed by atoms with E-state index in [0.717, 1.165) is 22.2 Å². The largest absolute Gasteiger partial charge is 0.337 e. The fourth-order valence-electron chi connectivity index (χ4n) is 3.62. The monoisotopic (exact) mass is 434 g/mol. The molecule has 0 saturated heterocycles. The second-order valence-electron chi connectivity index (χ2n) is 7.64. The number of nitrogens with one attached hydrogen (secondary N) is 2. The first-order valence-corrected chi connectivity index (χ1v) is 10.5. The Kier molecular flexibility index (Phi) is 6.33. The molecular weight excluding hydrogens is 412 g/mol. The summed E-state index contributed by atoms with van der Waals surface area (Å²) in [6.07, 6.45) is 3.34. The van der Waals surface area contributed by atoms with Crippen molar-refractivity contribution in [1.29, 1.82) is 5.26 Å². The van der Waals surface area contributed by atoms with Gasteiger partial charge in [-0.1, -0.05) is 48.5 Å². The van der Waals surface area contributed by atoms with Crippen molar-refractivity contribution in [3.63, 3.8) is 0 Å². The summed E-state index contributed by atoms with van der Waals surface area (Å²) in [5.74, 6) is -0.656. The van der Waals surface area contributed by atoms with Crippen LogP contribution < -0.4 is 10.6 Å². The van der Waals surface area contributed by atoms with E-state index in [1.165, 1.54) is 0 Å². The summed E-state index contributed by atoms with van der Waals surface area (Å²) in [7, 11) is 0. The van der Waals surface area contributed by atoms with E-state index in [2.05, 4.69) is 10.6 Å². The summed E-state index contributed by atoms with van der Waals surface area (Å²) in [6, 6.07) is 26.2. The number of aromatic nitrogens is 1. The molecular formula is C27H22N4O2. The number of nitrogens with zero attached hydrogens (tertiary/aromatic N) is 2. The number of para-hydroxylation sites is 2. The molecule has 3 aromatic carbocycles. The molecule has 162 valence electrons. The first-order chi connectivity index (χ1) is 16.0. The van der Waals surface area contributed by atoms with Gasteiger partial charge in [-0.05, 0) is 48.9 Å². The summed E-state index contributed by atoms with van der Waals surface area (Å²) in [5, 5.41) is 16.1. The van der Waals surface area contributed by atoms with Crippen LogP contribution >= 0.6 is 0 Å².